The molecule has 0 radical (unpaired) electrons. The number of carbonyl (C=O) groups is 2. The molecule has 1 N–H and O–H groups in total. The number of nitrogens with one attached hydrogen (secondary N) is 1. The quantitative estimate of drug-likeness (QED) is 0.765. The summed E-state index contributed by atoms with van der Waals surface area (Å²) in [5, 5.41) is 2.88. The summed E-state index contributed by atoms with van der Waals surface area (Å²) < 4.78 is 5.63. The first-order chi connectivity index (χ1) is 12.7. The van der Waals surface area contributed by atoms with E-state index in [0.717, 1.165) is 29.8 Å². The molecule has 2 heterocycles. The molecular weight excluding hydrogens is 330 g/mol. The Morgan fingerprint density at radius 3 is 2.88 bits per heavy atom. The number of oxazole rings is 1. The van der Waals surface area contributed by atoms with E-state index in [-0.39, 0.29) is 18.2 Å². The molecule has 1 aliphatic heterocycles. The Labute approximate surface area is 150 Å². The highest BCUT2D eigenvalue weighted by molar-refractivity contribution is 5.97. The monoisotopic (exact) mass is 349 g/mol. The number of carbonyl (C=O) groups excluding carboxylic acids is 2. The number of hydrogen-bond acceptors (Lipinski definition) is 4. The molecule has 2 amide bonds. The molecular formula is C20H19N3O3. The van der Waals surface area contributed by atoms with Crippen LogP contribution in [0.5, 0.6) is 0 Å². The molecule has 0 spiro atoms. The topological polar surface area (TPSA) is 75.4 Å². The Bertz CT molecular complexity index is 931. The normalized spacial score (nSPS) is 14.2. The van der Waals surface area contributed by atoms with Gasteiger partial charge in [0.2, 0.25) is 11.8 Å². The van der Waals surface area contributed by atoms with Gasteiger partial charge < -0.3 is 14.6 Å². The lowest BCUT2D eigenvalue weighted by molar-refractivity contribution is -0.117. The molecule has 1 saturated heterocycles. The van der Waals surface area contributed by atoms with E-state index >= 15 is 0 Å². The lowest BCUT2D eigenvalue weighted by Gasteiger charge is -2.16. The van der Waals surface area contributed by atoms with Crippen LogP contribution < -0.4 is 10.2 Å². The molecule has 26 heavy (non-hydrogen) atoms. The van der Waals surface area contributed by atoms with Crippen molar-refractivity contribution in [3.05, 3.63) is 54.4 Å². The van der Waals surface area contributed by atoms with Gasteiger partial charge in [-0.05, 0) is 36.8 Å². The minimum Gasteiger partial charge on any atom is -0.441 e. The van der Waals surface area contributed by atoms with Gasteiger partial charge in [-0.15, -0.1) is 0 Å². The van der Waals surface area contributed by atoms with Gasteiger partial charge in [0.1, 0.15) is 5.52 Å². The van der Waals surface area contributed by atoms with Gasteiger partial charge in [0, 0.05) is 37.2 Å². The fraction of sp³-hybridized carbons (Fsp3) is 0.250. The molecule has 0 unspecified atom stereocenters. The van der Waals surface area contributed by atoms with E-state index in [1.54, 1.807) is 4.90 Å². The van der Waals surface area contributed by atoms with Crippen molar-refractivity contribution in [2.45, 2.75) is 25.7 Å². The number of benzene rings is 2. The lowest BCUT2D eigenvalue weighted by Crippen LogP contribution is -2.23. The Morgan fingerprint density at radius 1 is 1.19 bits per heavy atom. The van der Waals surface area contributed by atoms with Crippen molar-refractivity contribution in [2.75, 3.05) is 16.8 Å². The third-order valence-corrected chi connectivity index (χ3v) is 4.42. The van der Waals surface area contributed by atoms with Gasteiger partial charge in [0.15, 0.2) is 11.5 Å². The lowest BCUT2D eigenvalue weighted by atomic mass is 10.2. The van der Waals surface area contributed by atoms with E-state index in [4.69, 9.17) is 4.42 Å². The Balaban J connectivity index is 1.38. The number of fused-ring (bicyclic) bond motifs is 1. The maximum atomic E-state index is 12.2. The molecule has 1 aromatic heterocycles. The third-order valence-electron chi connectivity index (χ3n) is 4.42. The summed E-state index contributed by atoms with van der Waals surface area (Å²) in [5.74, 6) is 0.569. The van der Waals surface area contributed by atoms with E-state index < -0.39 is 0 Å². The molecule has 2 aromatic carbocycles. The summed E-state index contributed by atoms with van der Waals surface area (Å²) in [4.78, 5) is 30.2. The summed E-state index contributed by atoms with van der Waals surface area (Å²) in [5.41, 5.74) is 3.03. The predicted octanol–water partition coefficient (Wildman–Crippen LogP) is 3.53. The summed E-state index contributed by atoms with van der Waals surface area (Å²) >= 11 is 0. The summed E-state index contributed by atoms with van der Waals surface area (Å²) in [7, 11) is 0. The first-order valence-electron chi connectivity index (χ1n) is 8.74. The fourth-order valence-electron chi connectivity index (χ4n) is 3.14. The number of anilines is 2. The minimum absolute atomic E-state index is 0.114. The number of para-hydroxylation sites is 2. The standard InChI is InChI=1S/C20H19N3O3/c24-18(10-11-19-22-16-7-1-2-8-17(16)26-19)21-14-5-3-6-15(13-14)23-12-4-9-20(23)25/h1-3,5-8,13H,4,9-12H2,(H,21,24). The number of rotatable bonds is 5. The van der Waals surface area contributed by atoms with Crippen molar-refractivity contribution in [1.82, 2.24) is 4.98 Å². The van der Waals surface area contributed by atoms with Crippen LogP contribution in [-0.2, 0) is 16.0 Å². The highest BCUT2D eigenvalue weighted by Crippen LogP contribution is 2.24. The van der Waals surface area contributed by atoms with Gasteiger partial charge in [-0.25, -0.2) is 4.98 Å². The SMILES string of the molecule is O=C(CCc1nc2ccccc2o1)Nc1cccc(N2CCCC2=O)c1. The van der Waals surface area contributed by atoms with Gasteiger partial charge >= 0.3 is 0 Å². The van der Waals surface area contributed by atoms with E-state index in [1.165, 1.54) is 0 Å². The molecule has 6 nitrogen and oxygen atoms in total. The molecule has 3 aromatic rings. The highest BCUT2D eigenvalue weighted by Gasteiger charge is 2.21. The molecule has 0 aliphatic carbocycles. The van der Waals surface area contributed by atoms with Crippen molar-refractivity contribution in [1.29, 1.82) is 0 Å². The van der Waals surface area contributed by atoms with Crippen molar-refractivity contribution in [2.24, 2.45) is 0 Å². The van der Waals surface area contributed by atoms with E-state index in [1.807, 2.05) is 48.5 Å². The van der Waals surface area contributed by atoms with Crippen LogP contribution in [0.15, 0.2) is 52.9 Å². The van der Waals surface area contributed by atoms with Crippen LogP contribution in [0.4, 0.5) is 11.4 Å². The smallest absolute Gasteiger partial charge is 0.227 e. The molecule has 6 heteroatoms. The van der Waals surface area contributed by atoms with Crippen molar-refractivity contribution in [3.63, 3.8) is 0 Å². The van der Waals surface area contributed by atoms with Gasteiger partial charge in [-0.2, -0.15) is 0 Å². The third kappa shape index (κ3) is 3.44. The number of aromatic nitrogens is 1. The maximum absolute atomic E-state index is 12.2. The van der Waals surface area contributed by atoms with Gasteiger partial charge in [-0.1, -0.05) is 18.2 Å². The molecule has 0 bridgehead atoms. The largest absolute Gasteiger partial charge is 0.441 e. The summed E-state index contributed by atoms with van der Waals surface area (Å²) in [6.07, 6.45) is 2.17. The average molecular weight is 349 g/mol. The number of nitrogens with zero attached hydrogens (tertiary/aromatic N) is 2. The van der Waals surface area contributed by atoms with Gasteiger partial charge in [0.05, 0.1) is 0 Å². The van der Waals surface area contributed by atoms with Crippen LogP contribution in [0.1, 0.15) is 25.2 Å². The minimum atomic E-state index is -0.114. The van der Waals surface area contributed by atoms with Crippen LogP contribution >= 0.6 is 0 Å². The van der Waals surface area contributed by atoms with Gasteiger partial charge in [-0.3, -0.25) is 9.59 Å². The Hall–Kier alpha value is -3.15. The Morgan fingerprint density at radius 2 is 2.08 bits per heavy atom. The maximum Gasteiger partial charge on any atom is 0.227 e. The van der Waals surface area contributed by atoms with Crippen molar-refractivity contribution < 1.29 is 14.0 Å². The fourth-order valence-corrected chi connectivity index (χ4v) is 3.14. The van der Waals surface area contributed by atoms with E-state index in [9.17, 15) is 9.59 Å². The van der Waals surface area contributed by atoms with Gasteiger partial charge in [0.25, 0.3) is 0 Å². The highest BCUT2D eigenvalue weighted by atomic mass is 16.3. The molecule has 4 rings (SSSR count). The summed E-state index contributed by atoms with van der Waals surface area (Å²) in [6, 6.07) is 14.9. The van der Waals surface area contributed by atoms with Crippen LogP contribution in [0.25, 0.3) is 11.1 Å². The average Bonchev–Trinajstić information content (AvgIpc) is 3.25. The number of aryl methyl sites for hydroxylation is 1. The first-order valence-corrected chi connectivity index (χ1v) is 8.74. The molecule has 0 atom stereocenters. The van der Waals surface area contributed by atoms with Crippen LogP contribution in [0.2, 0.25) is 0 Å². The van der Waals surface area contributed by atoms with E-state index in [0.29, 0.717) is 24.4 Å². The first kappa shape index (κ1) is 16.3. The Kier molecular flexibility index (Phi) is 4.39. The zero-order valence-electron chi connectivity index (χ0n) is 14.3. The van der Waals surface area contributed by atoms with E-state index in [2.05, 4.69) is 10.3 Å². The second-order valence-corrected chi connectivity index (χ2v) is 6.32. The van der Waals surface area contributed by atoms with Crippen LogP contribution in [0, 0.1) is 0 Å². The molecule has 1 aliphatic rings. The number of amides is 2. The van der Waals surface area contributed by atoms with Crippen LogP contribution in [0.3, 0.4) is 0 Å². The summed E-state index contributed by atoms with van der Waals surface area (Å²) in [6.45, 7) is 0.730. The van der Waals surface area contributed by atoms with Crippen molar-refractivity contribution >= 4 is 34.3 Å². The second kappa shape index (κ2) is 7.00. The molecule has 132 valence electrons. The second-order valence-electron chi connectivity index (χ2n) is 6.32. The zero-order valence-corrected chi connectivity index (χ0v) is 14.3. The predicted molar refractivity (Wildman–Crippen MR) is 99.0 cm³/mol. The number of hydrogen-bond donors (Lipinski definition) is 1. The zero-order chi connectivity index (χ0) is 17.9. The molecule has 1 fully saturated rings. The van der Waals surface area contributed by atoms with Crippen LogP contribution in [-0.4, -0.2) is 23.3 Å². The van der Waals surface area contributed by atoms with Crippen molar-refractivity contribution in [3.8, 4) is 0 Å². The molecule has 0 saturated carbocycles.